The molecule has 1 aliphatic rings. The Kier molecular flexibility index (Phi) is 7.74. The lowest BCUT2D eigenvalue weighted by atomic mass is 10.0. The summed E-state index contributed by atoms with van der Waals surface area (Å²) in [5.41, 5.74) is 0.111. The Labute approximate surface area is 200 Å². The van der Waals surface area contributed by atoms with E-state index >= 15 is 0 Å². The molecule has 34 heavy (non-hydrogen) atoms. The molecule has 0 spiro atoms. The molecule has 178 valence electrons. The predicted octanol–water partition coefficient (Wildman–Crippen LogP) is 4.04. The summed E-state index contributed by atoms with van der Waals surface area (Å²) in [6, 6.07) is 11.5. The van der Waals surface area contributed by atoms with E-state index in [-0.39, 0.29) is 30.5 Å². The van der Waals surface area contributed by atoms with Crippen LogP contribution in [0, 0.1) is 5.82 Å². The van der Waals surface area contributed by atoms with Gasteiger partial charge in [-0.25, -0.2) is 4.39 Å². The molecular weight excluding hydrogens is 457 g/mol. The third kappa shape index (κ3) is 5.72. The van der Waals surface area contributed by atoms with Crippen molar-refractivity contribution in [3.05, 3.63) is 82.2 Å². The highest BCUT2D eigenvalue weighted by molar-refractivity contribution is 7.09. The van der Waals surface area contributed by atoms with E-state index in [2.05, 4.69) is 10.6 Å². The fraction of sp³-hybridized carbons (Fsp3) is 0.320. The van der Waals surface area contributed by atoms with Crippen molar-refractivity contribution in [1.29, 1.82) is 0 Å². The Hall–Kier alpha value is -3.46. The molecule has 3 amide bonds. The fourth-order valence-electron chi connectivity index (χ4n) is 4.14. The number of hydrogen-bond acceptors (Lipinski definition) is 5. The second kappa shape index (κ2) is 11.1. The number of carbonyl (C=O) groups excluding carboxylic acids is 3. The molecule has 9 heteroatoms. The first-order chi connectivity index (χ1) is 16.5. The largest absolute Gasteiger partial charge is 0.459 e. The van der Waals surface area contributed by atoms with Gasteiger partial charge in [0.25, 0.3) is 5.91 Å². The van der Waals surface area contributed by atoms with Crippen LogP contribution in [0.2, 0.25) is 0 Å². The SMILES string of the molecule is O=C(NCC(=O)N(Cc1cccs1)[C@@H](C(=O)NC1CCCC1)c1ccccc1F)c1ccco1. The summed E-state index contributed by atoms with van der Waals surface area (Å²) in [5.74, 6) is -1.99. The van der Waals surface area contributed by atoms with Crippen molar-refractivity contribution in [2.45, 2.75) is 44.3 Å². The van der Waals surface area contributed by atoms with Gasteiger partial charge in [0.15, 0.2) is 5.76 Å². The Bertz CT molecular complexity index is 1110. The molecule has 0 unspecified atom stereocenters. The van der Waals surface area contributed by atoms with Gasteiger partial charge in [-0.05, 0) is 42.5 Å². The summed E-state index contributed by atoms with van der Waals surface area (Å²) in [5, 5.41) is 7.41. The molecule has 0 bridgehead atoms. The highest BCUT2D eigenvalue weighted by atomic mass is 32.1. The van der Waals surface area contributed by atoms with Gasteiger partial charge in [0, 0.05) is 16.5 Å². The van der Waals surface area contributed by atoms with Crippen LogP contribution in [0.15, 0.2) is 64.6 Å². The molecule has 0 saturated heterocycles. The average Bonchev–Trinajstić information content (AvgIpc) is 3.62. The summed E-state index contributed by atoms with van der Waals surface area (Å²) < 4.78 is 20.0. The summed E-state index contributed by atoms with van der Waals surface area (Å²) in [6.45, 7) is -0.267. The van der Waals surface area contributed by atoms with E-state index in [9.17, 15) is 18.8 Å². The van der Waals surface area contributed by atoms with Gasteiger partial charge in [0.1, 0.15) is 11.9 Å². The minimum atomic E-state index is -1.18. The molecule has 0 radical (unpaired) electrons. The van der Waals surface area contributed by atoms with Crippen molar-refractivity contribution in [2.24, 2.45) is 0 Å². The van der Waals surface area contributed by atoms with Gasteiger partial charge in [-0.3, -0.25) is 14.4 Å². The fourth-order valence-corrected chi connectivity index (χ4v) is 4.85. The average molecular weight is 484 g/mol. The van der Waals surface area contributed by atoms with E-state index in [4.69, 9.17) is 4.42 Å². The lowest BCUT2D eigenvalue weighted by Gasteiger charge is -2.32. The summed E-state index contributed by atoms with van der Waals surface area (Å²) in [7, 11) is 0. The Morgan fingerprint density at radius 2 is 1.88 bits per heavy atom. The second-order valence-corrected chi connectivity index (χ2v) is 9.21. The maximum absolute atomic E-state index is 14.9. The zero-order valence-corrected chi connectivity index (χ0v) is 19.4. The Morgan fingerprint density at radius 3 is 2.56 bits per heavy atom. The number of nitrogens with zero attached hydrogens (tertiary/aromatic N) is 1. The van der Waals surface area contributed by atoms with Crippen molar-refractivity contribution in [2.75, 3.05) is 6.54 Å². The first-order valence-corrected chi connectivity index (χ1v) is 12.1. The van der Waals surface area contributed by atoms with Crippen molar-refractivity contribution < 1.29 is 23.2 Å². The second-order valence-electron chi connectivity index (χ2n) is 8.18. The van der Waals surface area contributed by atoms with Crippen molar-refractivity contribution >= 4 is 29.1 Å². The van der Waals surface area contributed by atoms with E-state index in [1.165, 1.54) is 40.7 Å². The molecule has 1 atom stereocenters. The van der Waals surface area contributed by atoms with Crippen LogP contribution in [-0.4, -0.2) is 35.2 Å². The lowest BCUT2D eigenvalue weighted by Crippen LogP contribution is -2.48. The predicted molar refractivity (Wildman–Crippen MR) is 125 cm³/mol. The van der Waals surface area contributed by atoms with E-state index in [1.54, 1.807) is 18.2 Å². The normalized spacial score (nSPS) is 14.5. The van der Waals surface area contributed by atoms with Crippen molar-refractivity contribution in [3.63, 3.8) is 0 Å². The maximum Gasteiger partial charge on any atom is 0.287 e. The summed E-state index contributed by atoms with van der Waals surface area (Å²) >= 11 is 1.43. The molecule has 2 N–H and O–H groups in total. The quantitative estimate of drug-likeness (QED) is 0.481. The van der Waals surface area contributed by atoms with Gasteiger partial charge in [-0.2, -0.15) is 0 Å². The number of furan rings is 1. The van der Waals surface area contributed by atoms with Crippen molar-refractivity contribution in [1.82, 2.24) is 15.5 Å². The van der Waals surface area contributed by atoms with E-state index < -0.39 is 29.6 Å². The minimum absolute atomic E-state index is 0.000816. The molecule has 7 nitrogen and oxygen atoms in total. The maximum atomic E-state index is 14.9. The number of halogens is 1. The summed E-state index contributed by atoms with van der Waals surface area (Å²) in [4.78, 5) is 41.3. The molecule has 1 saturated carbocycles. The van der Waals surface area contributed by atoms with Gasteiger partial charge in [-0.1, -0.05) is 37.1 Å². The van der Waals surface area contributed by atoms with Gasteiger partial charge in [0.2, 0.25) is 11.8 Å². The van der Waals surface area contributed by atoms with Crippen molar-refractivity contribution in [3.8, 4) is 0 Å². The molecule has 3 aromatic rings. The van der Waals surface area contributed by atoms with E-state index in [0.717, 1.165) is 30.6 Å². The number of nitrogens with one attached hydrogen (secondary N) is 2. The minimum Gasteiger partial charge on any atom is -0.459 e. The van der Waals surface area contributed by atoms with Gasteiger partial charge < -0.3 is 20.0 Å². The van der Waals surface area contributed by atoms with E-state index in [0.29, 0.717) is 0 Å². The standard InChI is InChI=1S/C25H26FN3O4S/c26-20-11-4-3-10-19(20)23(25(32)28-17-7-1-2-8-17)29(16-18-9-6-14-34-18)22(30)15-27-24(31)21-12-5-13-33-21/h3-6,9-14,17,23H,1-2,7-8,15-16H2,(H,27,31)(H,28,32)/t23-/m1/s1. The Balaban J connectivity index is 1.62. The lowest BCUT2D eigenvalue weighted by molar-refractivity contribution is -0.141. The number of thiophene rings is 1. The topological polar surface area (TPSA) is 91.7 Å². The van der Waals surface area contributed by atoms with Crippen LogP contribution in [-0.2, 0) is 16.1 Å². The van der Waals surface area contributed by atoms with Gasteiger partial charge >= 0.3 is 0 Å². The van der Waals surface area contributed by atoms with E-state index in [1.807, 2.05) is 17.5 Å². The molecule has 0 aliphatic heterocycles. The van der Waals surface area contributed by atoms with Crippen LogP contribution in [0.5, 0.6) is 0 Å². The third-order valence-electron chi connectivity index (χ3n) is 5.83. The Morgan fingerprint density at radius 1 is 1.09 bits per heavy atom. The van der Waals surface area contributed by atoms with Crippen LogP contribution in [0.1, 0.15) is 52.7 Å². The number of benzene rings is 1. The molecular formula is C25H26FN3O4S. The monoisotopic (exact) mass is 483 g/mol. The zero-order valence-electron chi connectivity index (χ0n) is 18.5. The smallest absolute Gasteiger partial charge is 0.287 e. The van der Waals surface area contributed by atoms with Crippen LogP contribution >= 0.6 is 11.3 Å². The van der Waals surface area contributed by atoms with Crippen LogP contribution in [0.3, 0.4) is 0 Å². The first-order valence-electron chi connectivity index (χ1n) is 11.2. The number of rotatable bonds is 9. The number of hydrogen-bond donors (Lipinski definition) is 2. The summed E-state index contributed by atoms with van der Waals surface area (Å²) in [6.07, 6.45) is 5.11. The van der Waals surface area contributed by atoms with Crippen LogP contribution in [0.4, 0.5) is 4.39 Å². The van der Waals surface area contributed by atoms with Gasteiger partial charge in [-0.15, -0.1) is 11.3 Å². The first kappa shape index (κ1) is 23.7. The number of amides is 3. The number of carbonyl (C=O) groups is 3. The van der Waals surface area contributed by atoms with Crippen LogP contribution < -0.4 is 10.6 Å². The molecule has 1 fully saturated rings. The molecule has 1 aromatic carbocycles. The highest BCUT2D eigenvalue weighted by Gasteiger charge is 2.35. The third-order valence-corrected chi connectivity index (χ3v) is 6.69. The zero-order chi connectivity index (χ0) is 23.9. The van der Waals surface area contributed by atoms with Gasteiger partial charge in [0.05, 0.1) is 19.4 Å². The molecule has 4 rings (SSSR count). The molecule has 1 aliphatic carbocycles. The highest BCUT2D eigenvalue weighted by Crippen LogP contribution is 2.28. The molecule has 2 aromatic heterocycles. The van der Waals surface area contributed by atoms with Crippen LogP contribution in [0.25, 0.3) is 0 Å². The molecule has 2 heterocycles.